The number of halogens is 2. The van der Waals surface area contributed by atoms with Gasteiger partial charge in [0, 0.05) is 0 Å². The van der Waals surface area contributed by atoms with E-state index in [1.807, 2.05) is 6.92 Å². The minimum Gasteiger partial charge on any atom is -0.459 e. The lowest BCUT2D eigenvalue weighted by Crippen LogP contribution is -2.50. The molecule has 1 N–H and O–H groups in total. The molecule has 0 radical (unpaired) electrons. The van der Waals surface area contributed by atoms with E-state index in [4.69, 9.17) is 28.2 Å². The Balaban J connectivity index is 1.31. The molecule has 0 aromatic heterocycles. The molecule has 0 amide bonds. The topological polar surface area (TPSA) is 178 Å². The minimum atomic E-state index is -5.84. The molecule has 4 rings (SSSR count). The van der Waals surface area contributed by atoms with E-state index >= 15 is 0 Å². The van der Waals surface area contributed by atoms with Gasteiger partial charge in [-0.3, -0.25) is 14.1 Å². The van der Waals surface area contributed by atoms with Gasteiger partial charge < -0.3 is 28.4 Å². The summed E-state index contributed by atoms with van der Waals surface area (Å²) in [4.78, 5) is 49.8. The molecule has 0 aromatic carbocycles. The summed E-state index contributed by atoms with van der Waals surface area (Å²) in [5.41, 5.74) is -0.628. The van der Waals surface area contributed by atoms with E-state index in [0.717, 1.165) is 19.3 Å². The highest BCUT2D eigenvalue weighted by molar-refractivity contribution is 7.86. The molecule has 39 heavy (non-hydrogen) atoms. The fourth-order valence-electron chi connectivity index (χ4n) is 5.66. The maximum Gasteiger partial charge on any atom is 0.405 e. The summed E-state index contributed by atoms with van der Waals surface area (Å²) in [5, 5.41) is -4.76. The highest BCUT2D eigenvalue weighted by atomic mass is 32.2. The van der Waals surface area contributed by atoms with Crippen LogP contribution in [0.15, 0.2) is 0 Å². The van der Waals surface area contributed by atoms with Gasteiger partial charge >= 0.3 is 39.2 Å². The van der Waals surface area contributed by atoms with Crippen LogP contribution in [-0.2, 0) is 57.7 Å². The van der Waals surface area contributed by atoms with E-state index in [0.29, 0.717) is 26.2 Å². The fourth-order valence-corrected chi connectivity index (χ4v) is 6.13. The quantitative estimate of drug-likeness (QED) is 0.206. The van der Waals surface area contributed by atoms with Crippen molar-refractivity contribution in [3.05, 3.63) is 0 Å². The Hall–Kier alpha value is -2.43. The van der Waals surface area contributed by atoms with E-state index in [-0.39, 0.29) is 0 Å². The van der Waals surface area contributed by atoms with E-state index < -0.39 is 100 Å². The van der Waals surface area contributed by atoms with Gasteiger partial charge in [-0.2, -0.15) is 17.2 Å². The van der Waals surface area contributed by atoms with Crippen molar-refractivity contribution in [3.8, 4) is 0 Å². The van der Waals surface area contributed by atoms with Gasteiger partial charge in [-0.05, 0) is 39.0 Å². The van der Waals surface area contributed by atoms with Crippen LogP contribution in [0.5, 0.6) is 0 Å². The predicted octanol–water partition coefficient (Wildman–Crippen LogP) is 0.922. The maximum atomic E-state index is 13.5. The monoisotopic (exact) mass is 584 g/mol. The summed E-state index contributed by atoms with van der Waals surface area (Å²) in [6, 6.07) is 0. The van der Waals surface area contributed by atoms with Gasteiger partial charge in [0.05, 0.1) is 0 Å². The second-order valence-electron chi connectivity index (χ2n) is 10.2. The van der Waals surface area contributed by atoms with Gasteiger partial charge in [0.25, 0.3) is 0 Å². The lowest BCUT2D eigenvalue weighted by atomic mass is 9.77. The van der Waals surface area contributed by atoms with Crippen molar-refractivity contribution in [2.45, 2.75) is 93.7 Å². The first-order valence-corrected chi connectivity index (χ1v) is 14.0. The Morgan fingerprint density at radius 1 is 1.10 bits per heavy atom. The van der Waals surface area contributed by atoms with E-state index in [9.17, 15) is 36.4 Å². The average Bonchev–Trinajstić information content (AvgIpc) is 3.47. The molecule has 7 unspecified atom stereocenters. The molecule has 7 atom stereocenters. The first kappa shape index (κ1) is 29.6. The zero-order valence-electron chi connectivity index (χ0n) is 21.2. The first-order valence-electron chi connectivity index (χ1n) is 12.6. The molecule has 1 saturated carbocycles. The number of esters is 4. The smallest absolute Gasteiger partial charge is 0.405 e. The van der Waals surface area contributed by atoms with Gasteiger partial charge in [-0.25, -0.2) is 9.59 Å². The summed E-state index contributed by atoms with van der Waals surface area (Å²) in [6.45, 7) is 0.590. The van der Waals surface area contributed by atoms with Crippen LogP contribution in [0, 0.1) is 11.8 Å². The van der Waals surface area contributed by atoms with E-state index in [2.05, 4.69) is 4.74 Å². The number of hydrogen-bond acceptors (Lipinski definition) is 12. The molecular formula is C23H30F2O13S. The molecule has 3 aliphatic heterocycles. The van der Waals surface area contributed by atoms with Gasteiger partial charge in [0.15, 0.2) is 18.3 Å². The van der Waals surface area contributed by atoms with Crippen molar-refractivity contribution in [2.75, 3.05) is 13.2 Å². The minimum absolute atomic E-state index is 0.545. The summed E-state index contributed by atoms with van der Waals surface area (Å²) in [5.74, 6) is -5.67. The fraction of sp³-hybridized carbons (Fsp3) is 0.826. The molecule has 3 heterocycles. The van der Waals surface area contributed by atoms with E-state index in [1.54, 1.807) is 0 Å². The molecule has 4 fully saturated rings. The number of carbonyl (C=O) groups is 4. The number of ether oxygens (including phenoxy) is 6. The van der Waals surface area contributed by atoms with Gasteiger partial charge in [0.1, 0.15) is 42.9 Å². The van der Waals surface area contributed by atoms with Gasteiger partial charge in [-0.1, -0.05) is 13.3 Å². The number of rotatable bonds is 11. The van der Waals surface area contributed by atoms with Gasteiger partial charge in [0.2, 0.25) is 0 Å². The Kier molecular flexibility index (Phi) is 8.23. The van der Waals surface area contributed by atoms with Crippen LogP contribution in [0.1, 0.15) is 52.4 Å². The Morgan fingerprint density at radius 3 is 2.36 bits per heavy atom. The van der Waals surface area contributed by atoms with Crippen molar-refractivity contribution in [3.63, 3.8) is 0 Å². The molecule has 13 nitrogen and oxygen atoms in total. The molecule has 0 spiro atoms. The van der Waals surface area contributed by atoms with Crippen LogP contribution in [0.25, 0.3) is 0 Å². The van der Waals surface area contributed by atoms with Crippen molar-refractivity contribution >= 4 is 34.0 Å². The number of alkyl halides is 2. The Morgan fingerprint density at radius 2 is 1.74 bits per heavy atom. The van der Waals surface area contributed by atoms with Crippen molar-refractivity contribution in [1.82, 2.24) is 0 Å². The first-order chi connectivity index (χ1) is 18.2. The average molecular weight is 585 g/mol. The zero-order valence-corrected chi connectivity index (χ0v) is 22.0. The third kappa shape index (κ3) is 5.60. The molecule has 1 aliphatic carbocycles. The van der Waals surface area contributed by atoms with Crippen LogP contribution in [-0.4, -0.2) is 91.4 Å². The largest absolute Gasteiger partial charge is 0.459 e. The van der Waals surface area contributed by atoms with Crippen LogP contribution >= 0.6 is 0 Å². The lowest BCUT2D eigenvalue weighted by Gasteiger charge is -2.38. The number of carbonyl (C=O) groups excluding carboxylic acids is 4. The Labute approximate surface area is 222 Å². The molecule has 16 heteroatoms. The standard InChI is InChI=1S/C23H30F2O13S/c1-3-22(7-5-4-6-8-22)38-21(29)15-14-16-19(37-20(14)28)18(17(15)36-16)35-13(27)10-33-9-12(26)34-11(2)23(24,25)39(30,31)32/h11,14-19H,3-10H2,1-2H3,(H,30,31,32). The third-order valence-corrected chi connectivity index (χ3v) is 8.76. The molecule has 4 aliphatic rings. The van der Waals surface area contributed by atoms with Crippen molar-refractivity contribution in [1.29, 1.82) is 0 Å². The van der Waals surface area contributed by atoms with Crippen LogP contribution in [0.2, 0.25) is 0 Å². The molecule has 2 bridgehead atoms. The third-order valence-electron chi connectivity index (χ3n) is 7.74. The highest BCUT2D eigenvalue weighted by Gasteiger charge is 2.72. The second kappa shape index (κ2) is 10.9. The second-order valence-corrected chi connectivity index (χ2v) is 11.6. The molecule has 0 aromatic rings. The summed E-state index contributed by atoms with van der Waals surface area (Å²) < 4.78 is 88.4. The molecule has 3 saturated heterocycles. The van der Waals surface area contributed by atoms with E-state index in [1.165, 1.54) is 0 Å². The summed E-state index contributed by atoms with van der Waals surface area (Å²) >= 11 is 0. The van der Waals surface area contributed by atoms with Crippen molar-refractivity contribution in [2.24, 2.45) is 11.8 Å². The summed E-state index contributed by atoms with van der Waals surface area (Å²) in [6.07, 6.45) is -1.53. The highest BCUT2D eigenvalue weighted by Crippen LogP contribution is 2.52. The molecule has 220 valence electrons. The zero-order chi connectivity index (χ0) is 28.8. The lowest BCUT2D eigenvalue weighted by molar-refractivity contribution is -0.178. The summed E-state index contributed by atoms with van der Waals surface area (Å²) in [7, 11) is -5.84. The van der Waals surface area contributed by atoms with Crippen LogP contribution < -0.4 is 0 Å². The SMILES string of the molecule is CCC1(OC(=O)C2C3OC4C(OC(=O)C42)C3OC(=O)COCC(=O)OC(C)C(F)(F)S(=O)(=O)O)CCCCC1. The van der Waals surface area contributed by atoms with Crippen LogP contribution in [0.3, 0.4) is 0 Å². The predicted molar refractivity (Wildman–Crippen MR) is 120 cm³/mol. The normalized spacial score (nSPS) is 31.9. The number of hydrogen-bond donors (Lipinski definition) is 1. The Bertz CT molecular complexity index is 1100. The van der Waals surface area contributed by atoms with Crippen molar-refractivity contribution < 1.29 is 69.4 Å². The van der Waals surface area contributed by atoms with Crippen LogP contribution in [0.4, 0.5) is 8.78 Å². The molecular weight excluding hydrogens is 554 g/mol. The number of fused-ring (bicyclic) bond motifs is 1. The van der Waals surface area contributed by atoms with Gasteiger partial charge in [-0.15, -0.1) is 0 Å². The maximum absolute atomic E-state index is 13.5.